The van der Waals surface area contributed by atoms with Crippen molar-refractivity contribution in [1.29, 1.82) is 0 Å². The van der Waals surface area contributed by atoms with E-state index < -0.39 is 0 Å². The molecule has 1 aromatic rings. The summed E-state index contributed by atoms with van der Waals surface area (Å²) in [6, 6.07) is 6.02. The molecule has 4 heteroatoms. The number of Topliss-reactive ketones (excluding diaryl/α,β-unsaturated/α-hetero) is 1. The van der Waals surface area contributed by atoms with Crippen LogP contribution in [0.2, 0.25) is 0 Å². The maximum atomic E-state index is 12.7. The van der Waals surface area contributed by atoms with Gasteiger partial charge in [-0.05, 0) is 37.1 Å². The van der Waals surface area contributed by atoms with E-state index in [-0.39, 0.29) is 18.2 Å². The lowest BCUT2D eigenvalue weighted by Gasteiger charge is -2.19. The molecule has 17 heavy (non-hydrogen) atoms. The SMILES string of the molecule is O=C(CN(CCO)C1CC1)c1ccc(F)cc1. The normalized spacial score (nSPS) is 15.2. The standard InChI is InChI=1S/C13H16FNO2/c14-11-3-1-10(2-4-11)13(17)9-15(7-8-16)12-5-6-12/h1-4,12,16H,5-9H2. The smallest absolute Gasteiger partial charge is 0.176 e. The summed E-state index contributed by atoms with van der Waals surface area (Å²) in [5.41, 5.74) is 0.523. The van der Waals surface area contributed by atoms with Gasteiger partial charge in [-0.1, -0.05) is 0 Å². The van der Waals surface area contributed by atoms with Crippen LogP contribution in [0, 0.1) is 5.82 Å². The van der Waals surface area contributed by atoms with Gasteiger partial charge in [-0.15, -0.1) is 0 Å². The summed E-state index contributed by atoms with van der Waals surface area (Å²) >= 11 is 0. The highest BCUT2D eigenvalue weighted by Crippen LogP contribution is 2.26. The molecule has 1 aromatic carbocycles. The molecule has 1 aliphatic carbocycles. The number of halogens is 1. The Kier molecular flexibility index (Phi) is 3.86. The number of carbonyl (C=O) groups excluding carboxylic acids is 1. The quantitative estimate of drug-likeness (QED) is 0.762. The van der Waals surface area contributed by atoms with Crippen molar-refractivity contribution in [2.24, 2.45) is 0 Å². The Morgan fingerprint density at radius 3 is 2.53 bits per heavy atom. The largest absolute Gasteiger partial charge is 0.395 e. The van der Waals surface area contributed by atoms with Gasteiger partial charge in [-0.25, -0.2) is 4.39 Å². The molecule has 1 saturated carbocycles. The maximum absolute atomic E-state index is 12.7. The molecular weight excluding hydrogens is 221 g/mol. The van der Waals surface area contributed by atoms with Crippen LogP contribution in [0.15, 0.2) is 24.3 Å². The average molecular weight is 237 g/mol. The fourth-order valence-corrected chi connectivity index (χ4v) is 1.87. The van der Waals surface area contributed by atoms with Crippen molar-refractivity contribution in [3.05, 3.63) is 35.6 Å². The number of benzene rings is 1. The molecule has 0 aliphatic heterocycles. The molecule has 2 rings (SSSR count). The summed E-state index contributed by atoms with van der Waals surface area (Å²) in [5.74, 6) is -0.360. The highest BCUT2D eigenvalue weighted by molar-refractivity contribution is 5.97. The van der Waals surface area contributed by atoms with E-state index in [1.165, 1.54) is 24.3 Å². The second-order valence-electron chi connectivity index (χ2n) is 4.36. The van der Waals surface area contributed by atoms with Crippen LogP contribution in [0.1, 0.15) is 23.2 Å². The lowest BCUT2D eigenvalue weighted by atomic mass is 10.1. The number of aliphatic hydroxyl groups excluding tert-OH is 1. The predicted octanol–water partition coefficient (Wildman–Crippen LogP) is 1.47. The van der Waals surface area contributed by atoms with Gasteiger partial charge in [-0.3, -0.25) is 9.69 Å². The lowest BCUT2D eigenvalue weighted by molar-refractivity contribution is 0.0907. The maximum Gasteiger partial charge on any atom is 0.176 e. The molecule has 0 amide bonds. The Bertz CT molecular complexity index is 387. The Hall–Kier alpha value is -1.26. The number of nitrogens with zero attached hydrogens (tertiary/aromatic N) is 1. The number of aliphatic hydroxyl groups is 1. The molecule has 0 spiro atoms. The van der Waals surface area contributed by atoms with Crippen LogP contribution in [0.4, 0.5) is 4.39 Å². The van der Waals surface area contributed by atoms with Crippen LogP contribution in [0.3, 0.4) is 0 Å². The van der Waals surface area contributed by atoms with Crippen molar-refractivity contribution in [2.45, 2.75) is 18.9 Å². The fourth-order valence-electron chi connectivity index (χ4n) is 1.87. The zero-order valence-electron chi connectivity index (χ0n) is 9.60. The summed E-state index contributed by atoms with van der Waals surface area (Å²) in [4.78, 5) is 13.9. The first-order valence-corrected chi connectivity index (χ1v) is 5.84. The molecule has 1 N–H and O–H groups in total. The van der Waals surface area contributed by atoms with E-state index in [1.807, 2.05) is 4.90 Å². The van der Waals surface area contributed by atoms with Crippen LogP contribution < -0.4 is 0 Å². The molecule has 92 valence electrons. The number of ketones is 1. The molecule has 0 saturated heterocycles. The highest BCUT2D eigenvalue weighted by atomic mass is 19.1. The second-order valence-corrected chi connectivity index (χ2v) is 4.36. The summed E-state index contributed by atoms with van der Waals surface area (Å²) in [5, 5.41) is 8.93. The summed E-state index contributed by atoms with van der Waals surface area (Å²) in [7, 11) is 0. The Labute approximate surface area is 99.9 Å². The Morgan fingerprint density at radius 1 is 1.35 bits per heavy atom. The van der Waals surface area contributed by atoms with E-state index in [9.17, 15) is 9.18 Å². The molecular formula is C13H16FNO2. The fraction of sp³-hybridized carbons (Fsp3) is 0.462. The average Bonchev–Trinajstić information content (AvgIpc) is 3.13. The van der Waals surface area contributed by atoms with E-state index >= 15 is 0 Å². The van der Waals surface area contributed by atoms with Gasteiger partial charge in [0.25, 0.3) is 0 Å². The molecule has 3 nitrogen and oxygen atoms in total. The first-order chi connectivity index (χ1) is 8.20. The van der Waals surface area contributed by atoms with Crippen molar-refractivity contribution in [1.82, 2.24) is 4.90 Å². The molecule has 1 fully saturated rings. The van der Waals surface area contributed by atoms with Crippen LogP contribution >= 0.6 is 0 Å². The molecule has 1 aliphatic rings. The van der Waals surface area contributed by atoms with E-state index in [1.54, 1.807) is 0 Å². The highest BCUT2D eigenvalue weighted by Gasteiger charge is 2.29. The first-order valence-electron chi connectivity index (χ1n) is 5.84. The van der Waals surface area contributed by atoms with Crippen molar-refractivity contribution < 1.29 is 14.3 Å². The molecule has 0 radical (unpaired) electrons. The van der Waals surface area contributed by atoms with Crippen molar-refractivity contribution in [2.75, 3.05) is 19.7 Å². The molecule has 0 unspecified atom stereocenters. The van der Waals surface area contributed by atoms with E-state index in [0.717, 1.165) is 12.8 Å². The number of rotatable bonds is 6. The minimum absolute atomic E-state index is 0.0228. The minimum atomic E-state index is -0.337. The van der Waals surface area contributed by atoms with Gasteiger partial charge in [0.1, 0.15) is 5.82 Å². The van der Waals surface area contributed by atoms with E-state index in [0.29, 0.717) is 24.7 Å². The van der Waals surface area contributed by atoms with Gasteiger partial charge in [0, 0.05) is 18.2 Å². The molecule has 0 bridgehead atoms. The van der Waals surface area contributed by atoms with Crippen LogP contribution in [0.25, 0.3) is 0 Å². The third-order valence-electron chi connectivity index (χ3n) is 2.96. The lowest BCUT2D eigenvalue weighted by Crippen LogP contribution is -2.34. The molecule has 0 aromatic heterocycles. The number of hydrogen-bond donors (Lipinski definition) is 1. The topological polar surface area (TPSA) is 40.5 Å². The third-order valence-corrected chi connectivity index (χ3v) is 2.96. The number of hydrogen-bond acceptors (Lipinski definition) is 3. The summed E-state index contributed by atoms with van der Waals surface area (Å²) in [6.07, 6.45) is 2.19. The van der Waals surface area contributed by atoms with Gasteiger partial charge in [0.15, 0.2) is 5.78 Å². The van der Waals surface area contributed by atoms with Crippen molar-refractivity contribution >= 4 is 5.78 Å². The van der Waals surface area contributed by atoms with Gasteiger partial charge in [-0.2, -0.15) is 0 Å². The van der Waals surface area contributed by atoms with Gasteiger partial charge >= 0.3 is 0 Å². The van der Waals surface area contributed by atoms with E-state index in [2.05, 4.69) is 0 Å². The monoisotopic (exact) mass is 237 g/mol. The van der Waals surface area contributed by atoms with E-state index in [4.69, 9.17) is 5.11 Å². The zero-order chi connectivity index (χ0) is 12.3. The van der Waals surface area contributed by atoms with Crippen molar-refractivity contribution in [3.8, 4) is 0 Å². The van der Waals surface area contributed by atoms with Gasteiger partial charge in [0.05, 0.1) is 13.2 Å². The summed E-state index contributed by atoms with van der Waals surface area (Å²) < 4.78 is 12.7. The minimum Gasteiger partial charge on any atom is -0.395 e. The first kappa shape index (κ1) is 12.2. The predicted molar refractivity (Wildman–Crippen MR) is 62.4 cm³/mol. The van der Waals surface area contributed by atoms with Crippen LogP contribution in [0.5, 0.6) is 0 Å². The third kappa shape index (κ3) is 3.35. The van der Waals surface area contributed by atoms with Gasteiger partial charge < -0.3 is 5.11 Å². The second kappa shape index (κ2) is 5.38. The Balaban J connectivity index is 1.97. The molecule has 0 atom stereocenters. The van der Waals surface area contributed by atoms with Crippen LogP contribution in [-0.4, -0.2) is 41.5 Å². The number of carbonyl (C=O) groups is 1. The van der Waals surface area contributed by atoms with Crippen LogP contribution in [-0.2, 0) is 0 Å². The van der Waals surface area contributed by atoms with Crippen molar-refractivity contribution in [3.63, 3.8) is 0 Å². The zero-order valence-corrected chi connectivity index (χ0v) is 9.60. The summed E-state index contributed by atoms with van der Waals surface area (Å²) in [6.45, 7) is 0.891. The molecule has 0 heterocycles. The van der Waals surface area contributed by atoms with Gasteiger partial charge in [0.2, 0.25) is 0 Å². The Morgan fingerprint density at radius 2 is 2.00 bits per heavy atom.